The Morgan fingerprint density at radius 2 is 1.72 bits per heavy atom. The molecule has 2 aromatic rings. The van der Waals surface area contributed by atoms with E-state index in [-0.39, 0.29) is 5.91 Å². The monoisotopic (exact) mass is 359 g/mol. The smallest absolute Gasteiger partial charge is 0.338 e. The van der Waals surface area contributed by atoms with Crippen molar-refractivity contribution in [1.29, 1.82) is 0 Å². The van der Waals surface area contributed by atoms with Crippen molar-refractivity contribution in [1.82, 2.24) is 5.32 Å². The van der Waals surface area contributed by atoms with Gasteiger partial charge in [0.1, 0.15) is 5.75 Å². The van der Waals surface area contributed by atoms with E-state index < -0.39 is 12.1 Å². The molecule has 0 saturated carbocycles. The van der Waals surface area contributed by atoms with Crippen molar-refractivity contribution in [2.45, 2.75) is 24.5 Å². The van der Waals surface area contributed by atoms with Gasteiger partial charge in [0, 0.05) is 11.4 Å². The highest BCUT2D eigenvalue weighted by atomic mass is 32.2. The molecule has 0 radical (unpaired) electrons. The minimum Gasteiger partial charge on any atom is -0.497 e. The van der Waals surface area contributed by atoms with Crippen LogP contribution >= 0.6 is 11.8 Å². The maximum Gasteiger partial charge on any atom is 0.338 e. The lowest BCUT2D eigenvalue weighted by Crippen LogP contribution is -2.35. The van der Waals surface area contributed by atoms with Crippen molar-refractivity contribution >= 4 is 23.6 Å². The lowest BCUT2D eigenvalue weighted by atomic mass is 10.2. The van der Waals surface area contributed by atoms with Crippen LogP contribution in [0.5, 0.6) is 5.75 Å². The number of thioether (sulfide) groups is 1. The molecule has 6 heteroatoms. The Balaban J connectivity index is 1.84. The van der Waals surface area contributed by atoms with E-state index >= 15 is 0 Å². The minimum atomic E-state index is -0.869. The Hall–Kier alpha value is -2.47. The summed E-state index contributed by atoms with van der Waals surface area (Å²) in [5.41, 5.74) is 1.35. The highest BCUT2D eigenvalue weighted by molar-refractivity contribution is 7.98. The Bertz CT molecular complexity index is 713. The molecule has 0 saturated heterocycles. The quantitative estimate of drug-likeness (QED) is 0.607. The highest BCUT2D eigenvalue weighted by Crippen LogP contribution is 2.16. The number of ether oxygens (including phenoxy) is 2. The summed E-state index contributed by atoms with van der Waals surface area (Å²) in [6.07, 6.45) is 1.09. The fourth-order valence-electron chi connectivity index (χ4n) is 2.09. The topological polar surface area (TPSA) is 64.6 Å². The van der Waals surface area contributed by atoms with Gasteiger partial charge in [-0.25, -0.2) is 4.79 Å². The first kappa shape index (κ1) is 18.9. The normalized spacial score (nSPS) is 11.5. The molecule has 132 valence electrons. The van der Waals surface area contributed by atoms with Gasteiger partial charge in [-0.15, -0.1) is 11.8 Å². The molecule has 2 rings (SSSR count). The number of rotatable bonds is 7. The third-order valence-electron chi connectivity index (χ3n) is 3.60. The van der Waals surface area contributed by atoms with Gasteiger partial charge in [-0.1, -0.05) is 12.1 Å². The van der Waals surface area contributed by atoms with Crippen molar-refractivity contribution in [3.63, 3.8) is 0 Å². The van der Waals surface area contributed by atoms with Crippen molar-refractivity contribution in [3.8, 4) is 5.75 Å². The number of methoxy groups -OCH3 is 1. The fraction of sp³-hybridized carbons (Fsp3) is 0.263. The van der Waals surface area contributed by atoms with E-state index in [1.54, 1.807) is 37.9 Å². The summed E-state index contributed by atoms with van der Waals surface area (Å²) in [5, 5.41) is 2.75. The predicted molar refractivity (Wildman–Crippen MR) is 97.9 cm³/mol. The Labute approximate surface area is 151 Å². The minimum absolute atomic E-state index is 0.343. The van der Waals surface area contributed by atoms with Crippen LogP contribution < -0.4 is 10.1 Å². The number of carbonyl (C=O) groups excluding carboxylic acids is 2. The first-order valence-electron chi connectivity index (χ1n) is 7.79. The number of amides is 1. The zero-order valence-electron chi connectivity index (χ0n) is 14.4. The van der Waals surface area contributed by atoms with Crippen molar-refractivity contribution < 1.29 is 19.1 Å². The zero-order chi connectivity index (χ0) is 18.2. The second-order valence-corrected chi connectivity index (χ2v) is 6.22. The van der Waals surface area contributed by atoms with Crippen LogP contribution in [0.4, 0.5) is 0 Å². The third kappa shape index (κ3) is 5.53. The van der Waals surface area contributed by atoms with Crippen LogP contribution in [0.1, 0.15) is 22.8 Å². The Morgan fingerprint density at radius 1 is 1.08 bits per heavy atom. The Morgan fingerprint density at radius 3 is 2.28 bits per heavy atom. The molecule has 25 heavy (non-hydrogen) atoms. The maximum absolute atomic E-state index is 12.1. The lowest BCUT2D eigenvalue weighted by molar-refractivity contribution is -0.129. The lowest BCUT2D eigenvalue weighted by Gasteiger charge is -2.14. The number of benzene rings is 2. The summed E-state index contributed by atoms with van der Waals surface area (Å²) in [4.78, 5) is 25.2. The molecule has 2 aromatic carbocycles. The second-order valence-electron chi connectivity index (χ2n) is 5.34. The molecular formula is C19H21NO4S. The number of hydrogen-bond donors (Lipinski definition) is 1. The maximum atomic E-state index is 12.1. The van der Waals surface area contributed by atoms with E-state index in [9.17, 15) is 9.59 Å². The van der Waals surface area contributed by atoms with Crippen LogP contribution in [0.25, 0.3) is 0 Å². The van der Waals surface area contributed by atoms with Gasteiger partial charge in [0.2, 0.25) is 0 Å². The van der Waals surface area contributed by atoms with Crippen molar-refractivity contribution in [2.75, 3.05) is 13.4 Å². The van der Waals surface area contributed by atoms with Crippen LogP contribution in [-0.2, 0) is 16.1 Å². The number of esters is 1. The van der Waals surface area contributed by atoms with E-state index in [2.05, 4.69) is 5.32 Å². The molecule has 0 unspecified atom stereocenters. The average Bonchev–Trinajstić information content (AvgIpc) is 2.66. The summed E-state index contributed by atoms with van der Waals surface area (Å²) in [6.45, 7) is 1.91. The van der Waals surface area contributed by atoms with Crippen LogP contribution in [0.2, 0.25) is 0 Å². The second kappa shape index (κ2) is 9.13. The van der Waals surface area contributed by atoms with E-state index in [1.165, 1.54) is 0 Å². The van der Waals surface area contributed by atoms with Crippen molar-refractivity contribution in [3.05, 3.63) is 59.7 Å². The molecule has 5 nitrogen and oxygen atoms in total. The molecule has 0 aromatic heterocycles. The number of carbonyl (C=O) groups is 2. The molecule has 0 spiro atoms. The Kier molecular flexibility index (Phi) is 6.89. The molecule has 0 bridgehead atoms. The van der Waals surface area contributed by atoms with Gasteiger partial charge in [0.25, 0.3) is 5.91 Å². The standard InChI is InChI=1S/C19H21NO4S/c1-13(24-19(22)15-6-10-17(25-3)11-7-15)18(21)20-12-14-4-8-16(23-2)9-5-14/h4-11,13H,12H2,1-3H3,(H,20,21)/t13-/m0/s1. The largest absolute Gasteiger partial charge is 0.497 e. The molecule has 0 heterocycles. The van der Waals surface area contributed by atoms with Gasteiger partial charge in [-0.3, -0.25) is 4.79 Å². The van der Waals surface area contributed by atoms with Crippen LogP contribution in [0, 0.1) is 0 Å². The molecule has 0 aliphatic rings. The van der Waals surface area contributed by atoms with E-state index in [0.29, 0.717) is 12.1 Å². The summed E-state index contributed by atoms with van der Waals surface area (Å²) in [5.74, 6) is -0.102. The first-order valence-corrected chi connectivity index (χ1v) is 9.01. The summed E-state index contributed by atoms with van der Waals surface area (Å²) in [7, 11) is 1.60. The first-order chi connectivity index (χ1) is 12.0. The van der Waals surface area contributed by atoms with Crippen LogP contribution in [0.15, 0.2) is 53.4 Å². The van der Waals surface area contributed by atoms with Crippen LogP contribution in [0.3, 0.4) is 0 Å². The molecule has 0 fully saturated rings. The molecular weight excluding hydrogens is 338 g/mol. The van der Waals surface area contributed by atoms with Gasteiger partial charge in [0.05, 0.1) is 12.7 Å². The van der Waals surface area contributed by atoms with Gasteiger partial charge in [-0.2, -0.15) is 0 Å². The van der Waals surface area contributed by atoms with E-state index in [1.807, 2.05) is 42.7 Å². The van der Waals surface area contributed by atoms with Gasteiger partial charge >= 0.3 is 5.97 Å². The SMILES string of the molecule is COc1ccc(CNC(=O)[C@H](C)OC(=O)c2ccc(SC)cc2)cc1. The predicted octanol–water partition coefficient (Wildman–Crippen LogP) is 3.28. The molecule has 1 amide bonds. The zero-order valence-corrected chi connectivity index (χ0v) is 15.3. The van der Waals surface area contributed by atoms with Crippen LogP contribution in [-0.4, -0.2) is 31.3 Å². The highest BCUT2D eigenvalue weighted by Gasteiger charge is 2.18. The summed E-state index contributed by atoms with van der Waals surface area (Å²) >= 11 is 1.59. The summed E-state index contributed by atoms with van der Waals surface area (Å²) < 4.78 is 10.3. The fourth-order valence-corrected chi connectivity index (χ4v) is 2.49. The summed E-state index contributed by atoms with van der Waals surface area (Å²) in [6, 6.07) is 14.4. The average molecular weight is 359 g/mol. The third-order valence-corrected chi connectivity index (χ3v) is 4.35. The molecule has 0 aliphatic carbocycles. The molecule has 1 N–H and O–H groups in total. The van der Waals surface area contributed by atoms with Gasteiger partial charge in [0.15, 0.2) is 6.10 Å². The van der Waals surface area contributed by atoms with E-state index in [0.717, 1.165) is 16.2 Å². The van der Waals surface area contributed by atoms with Gasteiger partial charge in [-0.05, 0) is 55.1 Å². The molecule has 0 aliphatic heterocycles. The van der Waals surface area contributed by atoms with Crippen molar-refractivity contribution in [2.24, 2.45) is 0 Å². The van der Waals surface area contributed by atoms with Gasteiger partial charge < -0.3 is 14.8 Å². The molecule has 1 atom stereocenters. The number of nitrogens with one attached hydrogen (secondary N) is 1. The van der Waals surface area contributed by atoms with E-state index in [4.69, 9.17) is 9.47 Å². The number of hydrogen-bond acceptors (Lipinski definition) is 5.